The summed E-state index contributed by atoms with van der Waals surface area (Å²) in [6.45, 7) is 3.87. The molecule has 3 N–H and O–H groups in total. The van der Waals surface area contributed by atoms with Gasteiger partial charge in [0.1, 0.15) is 0 Å². The molecule has 0 radical (unpaired) electrons. The second-order valence-corrected chi connectivity index (χ2v) is 5.81. The van der Waals surface area contributed by atoms with Gasteiger partial charge < -0.3 is 15.6 Å². The summed E-state index contributed by atoms with van der Waals surface area (Å²) in [6, 6.07) is 13.0. The van der Waals surface area contributed by atoms with E-state index in [4.69, 9.17) is 0 Å². The van der Waals surface area contributed by atoms with E-state index in [1.165, 1.54) is 0 Å². The fraction of sp³-hybridized carbons (Fsp3) is 0.158. The molecular weight excluding hydrogens is 302 g/mol. The van der Waals surface area contributed by atoms with E-state index < -0.39 is 0 Å². The molecule has 0 atom stereocenters. The summed E-state index contributed by atoms with van der Waals surface area (Å²) >= 11 is 0. The number of hydrogen-bond donors (Lipinski definition) is 3. The van der Waals surface area contributed by atoms with Gasteiger partial charge in [0.2, 0.25) is 5.91 Å². The lowest BCUT2D eigenvalue weighted by molar-refractivity contribution is -0.115. The Morgan fingerprint density at radius 3 is 2.62 bits per heavy atom. The van der Waals surface area contributed by atoms with Gasteiger partial charge in [-0.05, 0) is 61.4 Å². The molecule has 0 fully saturated rings. The van der Waals surface area contributed by atoms with Crippen LogP contribution >= 0.6 is 0 Å². The SMILES string of the molecule is Cc1ccc(C(=O)NCC(=O)Nc2ccc3[nH]ccc3c2)cc1C. The minimum atomic E-state index is -0.262. The molecule has 0 aliphatic rings. The zero-order chi connectivity index (χ0) is 17.1. The van der Waals surface area contributed by atoms with Gasteiger partial charge in [0.15, 0.2) is 0 Å². The second kappa shape index (κ2) is 6.58. The van der Waals surface area contributed by atoms with Gasteiger partial charge in [-0.25, -0.2) is 0 Å². The molecule has 1 aromatic heterocycles. The van der Waals surface area contributed by atoms with Gasteiger partial charge in [0.25, 0.3) is 5.91 Å². The van der Waals surface area contributed by atoms with Crippen LogP contribution in [0.1, 0.15) is 21.5 Å². The van der Waals surface area contributed by atoms with Crippen LogP contribution in [0.2, 0.25) is 0 Å². The number of nitrogens with one attached hydrogen (secondary N) is 3. The fourth-order valence-electron chi connectivity index (χ4n) is 2.48. The lowest BCUT2D eigenvalue weighted by Crippen LogP contribution is -2.32. The molecule has 122 valence electrons. The number of hydrogen-bond acceptors (Lipinski definition) is 2. The summed E-state index contributed by atoms with van der Waals surface area (Å²) in [5.41, 5.74) is 4.44. The van der Waals surface area contributed by atoms with Crippen LogP contribution in [-0.2, 0) is 4.79 Å². The van der Waals surface area contributed by atoms with Crippen LogP contribution in [0.3, 0.4) is 0 Å². The number of amides is 2. The van der Waals surface area contributed by atoms with Crippen LogP contribution in [0, 0.1) is 13.8 Å². The fourth-order valence-corrected chi connectivity index (χ4v) is 2.48. The van der Waals surface area contributed by atoms with Crippen LogP contribution in [0.25, 0.3) is 10.9 Å². The number of carbonyl (C=O) groups is 2. The maximum absolute atomic E-state index is 12.1. The number of aromatic nitrogens is 1. The number of aromatic amines is 1. The molecule has 0 spiro atoms. The van der Waals surface area contributed by atoms with E-state index in [9.17, 15) is 9.59 Å². The third-order valence-electron chi connectivity index (χ3n) is 4.02. The summed E-state index contributed by atoms with van der Waals surface area (Å²) < 4.78 is 0. The molecule has 3 aromatic rings. The van der Waals surface area contributed by atoms with Crippen molar-refractivity contribution in [2.75, 3.05) is 11.9 Å². The molecule has 5 nitrogen and oxygen atoms in total. The van der Waals surface area contributed by atoms with Gasteiger partial charge in [-0.15, -0.1) is 0 Å². The highest BCUT2D eigenvalue weighted by molar-refractivity contribution is 6.00. The number of carbonyl (C=O) groups excluding carboxylic acids is 2. The summed E-state index contributed by atoms with van der Waals surface area (Å²) in [5.74, 6) is -0.517. The highest BCUT2D eigenvalue weighted by Gasteiger charge is 2.09. The Balaban J connectivity index is 1.58. The van der Waals surface area contributed by atoms with E-state index >= 15 is 0 Å². The molecule has 0 aliphatic heterocycles. The highest BCUT2D eigenvalue weighted by Crippen LogP contribution is 2.17. The number of aryl methyl sites for hydroxylation is 2. The highest BCUT2D eigenvalue weighted by atomic mass is 16.2. The Hall–Kier alpha value is -3.08. The molecule has 24 heavy (non-hydrogen) atoms. The van der Waals surface area contributed by atoms with E-state index in [1.807, 2.05) is 56.4 Å². The topological polar surface area (TPSA) is 74.0 Å². The Morgan fingerprint density at radius 1 is 1.00 bits per heavy atom. The zero-order valence-corrected chi connectivity index (χ0v) is 13.6. The predicted molar refractivity (Wildman–Crippen MR) is 95.2 cm³/mol. The molecule has 0 unspecified atom stereocenters. The molecule has 0 bridgehead atoms. The Labute approximate surface area is 140 Å². The number of fused-ring (bicyclic) bond motifs is 1. The minimum Gasteiger partial charge on any atom is -0.361 e. The van der Waals surface area contributed by atoms with Crippen LogP contribution in [0.4, 0.5) is 5.69 Å². The maximum Gasteiger partial charge on any atom is 0.251 e. The number of H-pyrrole nitrogens is 1. The van der Waals surface area contributed by atoms with E-state index in [1.54, 1.807) is 6.07 Å². The predicted octanol–water partition coefficient (Wildman–Crippen LogP) is 3.15. The van der Waals surface area contributed by atoms with Crippen molar-refractivity contribution in [3.63, 3.8) is 0 Å². The van der Waals surface area contributed by atoms with Crippen molar-refractivity contribution in [2.24, 2.45) is 0 Å². The minimum absolute atomic E-state index is 0.0725. The first-order valence-corrected chi connectivity index (χ1v) is 7.75. The smallest absolute Gasteiger partial charge is 0.251 e. The Bertz CT molecular complexity index is 912. The van der Waals surface area contributed by atoms with Crippen LogP contribution in [-0.4, -0.2) is 23.3 Å². The van der Waals surface area contributed by atoms with Crippen molar-refractivity contribution in [3.8, 4) is 0 Å². The van der Waals surface area contributed by atoms with Crippen molar-refractivity contribution >= 4 is 28.4 Å². The largest absolute Gasteiger partial charge is 0.361 e. The van der Waals surface area contributed by atoms with E-state index in [2.05, 4.69) is 15.6 Å². The quantitative estimate of drug-likeness (QED) is 0.690. The van der Waals surface area contributed by atoms with Crippen molar-refractivity contribution in [1.29, 1.82) is 0 Å². The van der Waals surface area contributed by atoms with Gasteiger partial charge in [-0.2, -0.15) is 0 Å². The van der Waals surface area contributed by atoms with Crippen LogP contribution in [0.5, 0.6) is 0 Å². The van der Waals surface area contributed by atoms with Gasteiger partial charge in [0, 0.05) is 28.4 Å². The number of benzene rings is 2. The zero-order valence-electron chi connectivity index (χ0n) is 13.6. The lowest BCUT2D eigenvalue weighted by atomic mass is 10.1. The second-order valence-electron chi connectivity index (χ2n) is 5.81. The van der Waals surface area contributed by atoms with Gasteiger partial charge in [-0.1, -0.05) is 6.07 Å². The number of rotatable bonds is 4. The summed E-state index contributed by atoms with van der Waals surface area (Å²) in [7, 11) is 0. The Morgan fingerprint density at radius 2 is 1.83 bits per heavy atom. The first kappa shape index (κ1) is 15.8. The molecule has 3 rings (SSSR count). The molecule has 0 saturated heterocycles. The molecular formula is C19H19N3O2. The third kappa shape index (κ3) is 3.46. The average molecular weight is 321 g/mol. The van der Waals surface area contributed by atoms with Crippen LogP contribution in [0.15, 0.2) is 48.7 Å². The van der Waals surface area contributed by atoms with E-state index in [0.717, 1.165) is 22.0 Å². The first-order chi connectivity index (χ1) is 11.5. The molecule has 1 heterocycles. The molecule has 0 aliphatic carbocycles. The maximum atomic E-state index is 12.1. The van der Waals surface area contributed by atoms with E-state index in [-0.39, 0.29) is 18.4 Å². The molecule has 2 aromatic carbocycles. The standard InChI is InChI=1S/C19H19N3O2/c1-12-3-4-15(9-13(12)2)19(24)21-11-18(23)22-16-5-6-17-14(10-16)7-8-20-17/h3-10,20H,11H2,1-2H3,(H,21,24)(H,22,23). The van der Waals surface area contributed by atoms with Crippen LogP contribution < -0.4 is 10.6 Å². The summed E-state index contributed by atoms with van der Waals surface area (Å²) in [4.78, 5) is 27.2. The van der Waals surface area contributed by atoms with Crippen molar-refractivity contribution in [2.45, 2.75) is 13.8 Å². The van der Waals surface area contributed by atoms with Gasteiger partial charge in [-0.3, -0.25) is 9.59 Å². The average Bonchev–Trinajstić information content (AvgIpc) is 3.03. The van der Waals surface area contributed by atoms with Gasteiger partial charge >= 0.3 is 0 Å². The van der Waals surface area contributed by atoms with Crippen molar-refractivity contribution in [3.05, 3.63) is 65.4 Å². The van der Waals surface area contributed by atoms with Crippen molar-refractivity contribution < 1.29 is 9.59 Å². The third-order valence-corrected chi connectivity index (χ3v) is 4.02. The molecule has 0 saturated carbocycles. The Kier molecular flexibility index (Phi) is 4.33. The lowest BCUT2D eigenvalue weighted by Gasteiger charge is -2.08. The first-order valence-electron chi connectivity index (χ1n) is 7.75. The molecule has 5 heteroatoms. The summed E-state index contributed by atoms with van der Waals surface area (Å²) in [5, 5.41) is 6.44. The van der Waals surface area contributed by atoms with Gasteiger partial charge in [0.05, 0.1) is 6.54 Å². The normalized spacial score (nSPS) is 10.6. The summed E-state index contributed by atoms with van der Waals surface area (Å²) in [6.07, 6.45) is 1.85. The van der Waals surface area contributed by atoms with Crippen molar-refractivity contribution in [1.82, 2.24) is 10.3 Å². The molecule has 2 amide bonds. The number of anilines is 1. The monoisotopic (exact) mass is 321 g/mol. The van der Waals surface area contributed by atoms with E-state index in [0.29, 0.717) is 11.3 Å².